The van der Waals surface area contributed by atoms with E-state index in [1.807, 2.05) is 18.4 Å². The Balaban J connectivity index is 3.73. The van der Waals surface area contributed by atoms with Crippen LogP contribution in [-0.4, -0.2) is 19.9 Å². The third-order valence-corrected chi connectivity index (χ3v) is 1.57. The zero-order valence-electron chi connectivity index (χ0n) is 8.79. The molecule has 0 aliphatic heterocycles. The molecule has 2 heteroatoms. The molecule has 0 aromatic carbocycles. The number of rotatable bonds is 6. The van der Waals surface area contributed by atoms with E-state index in [0.717, 1.165) is 12.8 Å². The minimum atomic E-state index is 0.631. The number of nitrogens with zero attached hydrogens (tertiary/aromatic N) is 1. The van der Waals surface area contributed by atoms with Crippen molar-refractivity contribution in [3.63, 3.8) is 0 Å². The number of aliphatic imine (C=N–C) groups is 1. The Morgan fingerprint density at radius 3 is 2.69 bits per heavy atom. The molecule has 0 radical (unpaired) electrons. The predicted octanol–water partition coefficient (Wildman–Crippen LogP) is 2.96. The lowest BCUT2D eigenvalue weighted by Crippen LogP contribution is -1.88. The van der Waals surface area contributed by atoms with Crippen molar-refractivity contribution in [2.75, 3.05) is 13.7 Å². The van der Waals surface area contributed by atoms with Crippen LogP contribution in [0.25, 0.3) is 0 Å². The van der Waals surface area contributed by atoms with Crippen LogP contribution in [0.3, 0.4) is 0 Å². The molecule has 0 heterocycles. The van der Waals surface area contributed by atoms with Crippen molar-refractivity contribution in [2.24, 2.45) is 4.99 Å². The van der Waals surface area contributed by atoms with Gasteiger partial charge in [-0.3, -0.25) is 4.99 Å². The van der Waals surface area contributed by atoms with Crippen molar-refractivity contribution in [3.8, 4) is 0 Å². The normalized spacial score (nSPS) is 13.0. The van der Waals surface area contributed by atoms with E-state index >= 15 is 0 Å². The zero-order chi connectivity index (χ0) is 9.94. The Labute approximate surface area is 81.0 Å². The topological polar surface area (TPSA) is 21.6 Å². The van der Waals surface area contributed by atoms with Crippen molar-refractivity contribution in [1.29, 1.82) is 0 Å². The first-order valence-corrected chi connectivity index (χ1v) is 4.72. The van der Waals surface area contributed by atoms with Gasteiger partial charge in [0.05, 0.1) is 6.26 Å². The van der Waals surface area contributed by atoms with Crippen molar-refractivity contribution in [1.82, 2.24) is 0 Å². The fraction of sp³-hybridized carbons (Fsp3) is 0.545. The average Bonchev–Trinajstić information content (AvgIpc) is 2.16. The molecular weight excluding hydrogens is 162 g/mol. The summed E-state index contributed by atoms with van der Waals surface area (Å²) in [6, 6.07) is 0. The Kier molecular flexibility index (Phi) is 8.31. The summed E-state index contributed by atoms with van der Waals surface area (Å²) in [5.74, 6) is 0. The van der Waals surface area contributed by atoms with E-state index in [2.05, 4.69) is 18.8 Å². The zero-order valence-corrected chi connectivity index (χ0v) is 8.79. The maximum absolute atomic E-state index is 5.23. The molecule has 2 nitrogen and oxygen atoms in total. The maximum Gasteiger partial charge on any atom is 0.106 e. The van der Waals surface area contributed by atoms with E-state index in [-0.39, 0.29) is 0 Å². The first-order chi connectivity index (χ1) is 6.35. The first-order valence-electron chi connectivity index (χ1n) is 4.72. The maximum atomic E-state index is 5.23. The Morgan fingerprint density at radius 2 is 2.15 bits per heavy atom. The van der Waals surface area contributed by atoms with Crippen LogP contribution in [0, 0.1) is 0 Å². The van der Waals surface area contributed by atoms with E-state index in [9.17, 15) is 0 Å². The van der Waals surface area contributed by atoms with Crippen LogP contribution in [0.5, 0.6) is 0 Å². The molecule has 74 valence electrons. The van der Waals surface area contributed by atoms with Crippen LogP contribution in [-0.2, 0) is 4.74 Å². The number of hydrogen-bond donors (Lipinski definition) is 0. The van der Waals surface area contributed by atoms with Gasteiger partial charge < -0.3 is 4.74 Å². The van der Waals surface area contributed by atoms with Gasteiger partial charge in [-0.1, -0.05) is 19.9 Å². The van der Waals surface area contributed by atoms with Crippen LogP contribution in [0.1, 0.15) is 26.7 Å². The lowest BCUT2D eigenvalue weighted by molar-refractivity contribution is 0.288. The fourth-order valence-corrected chi connectivity index (χ4v) is 0.829. The molecular formula is C11H19NO. The Morgan fingerprint density at radius 1 is 1.38 bits per heavy atom. The Bertz CT molecular complexity index is 192. The third kappa shape index (κ3) is 7.32. The molecule has 0 aliphatic rings. The molecule has 0 atom stereocenters. The molecule has 0 saturated carbocycles. The molecule has 13 heavy (non-hydrogen) atoms. The quantitative estimate of drug-likeness (QED) is 0.351. The second-order valence-corrected chi connectivity index (χ2v) is 2.63. The second-order valence-electron chi connectivity index (χ2n) is 2.63. The van der Waals surface area contributed by atoms with Gasteiger partial charge in [-0.2, -0.15) is 0 Å². The predicted molar refractivity (Wildman–Crippen MR) is 58.2 cm³/mol. The van der Waals surface area contributed by atoms with Gasteiger partial charge in [0.2, 0.25) is 0 Å². The van der Waals surface area contributed by atoms with Crippen LogP contribution in [0.15, 0.2) is 29.0 Å². The molecule has 0 spiro atoms. The summed E-state index contributed by atoms with van der Waals surface area (Å²) in [6.45, 7) is 4.82. The molecule has 0 amide bonds. The number of allylic oxidation sites excluding steroid dienone is 2. The number of ether oxygens (including phenoxy) is 1. The van der Waals surface area contributed by atoms with Crippen LogP contribution in [0.4, 0.5) is 0 Å². The summed E-state index contributed by atoms with van der Waals surface area (Å²) in [4.78, 5) is 3.96. The van der Waals surface area contributed by atoms with Gasteiger partial charge in [-0.05, 0) is 24.5 Å². The van der Waals surface area contributed by atoms with E-state index in [1.165, 1.54) is 5.57 Å². The average molecular weight is 181 g/mol. The minimum absolute atomic E-state index is 0.631. The molecule has 0 unspecified atom stereocenters. The summed E-state index contributed by atoms with van der Waals surface area (Å²) in [5, 5.41) is 0. The minimum Gasteiger partial charge on any atom is -0.497 e. The highest BCUT2D eigenvalue weighted by Gasteiger charge is 1.86. The van der Waals surface area contributed by atoms with Gasteiger partial charge in [-0.15, -0.1) is 0 Å². The van der Waals surface area contributed by atoms with Gasteiger partial charge >= 0.3 is 0 Å². The van der Waals surface area contributed by atoms with E-state index < -0.39 is 0 Å². The monoisotopic (exact) mass is 181 g/mol. The van der Waals surface area contributed by atoms with E-state index in [0.29, 0.717) is 6.61 Å². The molecule has 0 aromatic rings. The summed E-state index contributed by atoms with van der Waals surface area (Å²) >= 11 is 0. The second kappa shape index (κ2) is 9.04. The van der Waals surface area contributed by atoms with Gasteiger partial charge in [0.1, 0.15) is 6.61 Å². The highest BCUT2D eigenvalue weighted by Crippen LogP contribution is 1.96. The fourth-order valence-electron chi connectivity index (χ4n) is 0.829. The van der Waals surface area contributed by atoms with Crippen molar-refractivity contribution in [2.45, 2.75) is 26.7 Å². The van der Waals surface area contributed by atoms with Gasteiger partial charge in [0, 0.05) is 13.3 Å². The molecule has 0 aliphatic carbocycles. The highest BCUT2D eigenvalue weighted by molar-refractivity contribution is 5.78. The first kappa shape index (κ1) is 11.9. The summed E-state index contributed by atoms with van der Waals surface area (Å²) in [7, 11) is 1.78. The molecule has 0 aromatic heterocycles. The SMILES string of the molecule is CC/C=C\OC/C=C(\C=NC)CC. The molecule has 0 saturated heterocycles. The van der Waals surface area contributed by atoms with Gasteiger partial charge in [0.15, 0.2) is 0 Å². The molecule has 0 N–H and O–H groups in total. The van der Waals surface area contributed by atoms with Gasteiger partial charge in [-0.25, -0.2) is 0 Å². The van der Waals surface area contributed by atoms with Crippen molar-refractivity contribution in [3.05, 3.63) is 24.0 Å². The summed E-state index contributed by atoms with van der Waals surface area (Å²) in [5.41, 5.74) is 1.22. The standard InChI is InChI=1S/C11H19NO/c1-4-6-8-13-9-7-11(5-2)10-12-3/h6-8,10H,4-5,9H2,1-3H3/b8-6-,11-7-,12-10?. The summed E-state index contributed by atoms with van der Waals surface area (Å²) in [6.07, 6.45) is 9.67. The third-order valence-electron chi connectivity index (χ3n) is 1.57. The van der Waals surface area contributed by atoms with E-state index in [4.69, 9.17) is 4.74 Å². The van der Waals surface area contributed by atoms with Crippen LogP contribution in [0.2, 0.25) is 0 Å². The van der Waals surface area contributed by atoms with Gasteiger partial charge in [0.25, 0.3) is 0 Å². The summed E-state index contributed by atoms with van der Waals surface area (Å²) < 4.78 is 5.23. The van der Waals surface area contributed by atoms with Crippen molar-refractivity contribution < 1.29 is 4.74 Å². The van der Waals surface area contributed by atoms with Crippen LogP contribution >= 0.6 is 0 Å². The van der Waals surface area contributed by atoms with E-state index in [1.54, 1.807) is 13.3 Å². The smallest absolute Gasteiger partial charge is 0.106 e. The van der Waals surface area contributed by atoms with Crippen molar-refractivity contribution >= 4 is 6.21 Å². The van der Waals surface area contributed by atoms with Crippen LogP contribution < -0.4 is 0 Å². The Hall–Kier alpha value is -1.05. The molecule has 0 bridgehead atoms. The number of hydrogen-bond acceptors (Lipinski definition) is 2. The highest BCUT2D eigenvalue weighted by atomic mass is 16.5. The lowest BCUT2D eigenvalue weighted by Gasteiger charge is -1.97. The molecule has 0 rings (SSSR count). The molecule has 0 fully saturated rings. The lowest BCUT2D eigenvalue weighted by atomic mass is 10.2. The largest absolute Gasteiger partial charge is 0.497 e.